The molecule has 3 nitrogen and oxygen atoms in total. The molecule has 0 N–H and O–H groups in total. The van der Waals surface area contributed by atoms with Gasteiger partial charge in [-0.05, 0) is 30.9 Å². The fourth-order valence-corrected chi connectivity index (χ4v) is 3.54. The van der Waals surface area contributed by atoms with Crippen LogP contribution in [-0.2, 0) is 21.6 Å². The molecule has 0 radical (unpaired) electrons. The highest BCUT2D eigenvalue weighted by molar-refractivity contribution is 5.94. The van der Waals surface area contributed by atoms with Crippen molar-refractivity contribution in [3.05, 3.63) is 71.3 Å². The average molecular weight is 372 g/mol. The van der Waals surface area contributed by atoms with Gasteiger partial charge in [-0.2, -0.15) is 0 Å². The number of alkyl halides is 2. The molecule has 0 atom stereocenters. The molecule has 0 amide bonds. The standard InChI is InChI=1S/C22H22F2O3/c1-16(25)18-7-9-19(10-8-18)21(11-13-22(23,24)14-12-21)20(26)27-15-17-5-3-2-4-6-17/h2-10H,11-15H2,1H3. The van der Waals surface area contributed by atoms with Crippen LogP contribution >= 0.6 is 0 Å². The number of esters is 1. The van der Waals surface area contributed by atoms with Gasteiger partial charge in [0, 0.05) is 18.4 Å². The first-order valence-corrected chi connectivity index (χ1v) is 9.03. The van der Waals surface area contributed by atoms with Crippen LogP contribution in [0.25, 0.3) is 0 Å². The van der Waals surface area contributed by atoms with E-state index in [-0.39, 0.29) is 38.1 Å². The molecule has 1 aliphatic rings. The lowest BCUT2D eigenvalue weighted by atomic mass is 9.68. The van der Waals surface area contributed by atoms with E-state index in [4.69, 9.17) is 4.74 Å². The summed E-state index contributed by atoms with van der Waals surface area (Å²) in [6.07, 6.45) is -0.677. The van der Waals surface area contributed by atoms with E-state index in [2.05, 4.69) is 0 Å². The van der Waals surface area contributed by atoms with Crippen LogP contribution < -0.4 is 0 Å². The normalized spacial score (nSPS) is 17.9. The molecule has 1 saturated carbocycles. The van der Waals surface area contributed by atoms with Gasteiger partial charge in [-0.15, -0.1) is 0 Å². The predicted molar refractivity (Wildman–Crippen MR) is 97.8 cm³/mol. The lowest BCUT2D eigenvalue weighted by Crippen LogP contribution is -2.43. The molecule has 5 heteroatoms. The van der Waals surface area contributed by atoms with Crippen LogP contribution in [0.4, 0.5) is 8.78 Å². The summed E-state index contributed by atoms with van der Waals surface area (Å²) in [4.78, 5) is 24.5. The largest absolute Gasteiger partial charge is 0.460 e. The van der Waals surface area contributed by atoms with Crippen molar-refractivity contribution < 1.29 is 23.1 Å². The van der Waals surface area contributed by atoms with Gasteiger partial charge >= 0.3 is 5.97 Å². The summed E-state index contributed by atoms with van der Waals surface area (Å²) in [6.45, 7) is 1.56. The number of benzene rings is 2. The average Bonchev–Trinajstić information content (AvgIpc) is 2.67. The summed E-state index contributed by atoms with van der Waals surface area (Å²) in [5.41, 5.74) is 0.883. The van der Waals surface area contributed by atoms with E-state index in [0.29, 0.717) is 11.1 Å². The van der Waals surface area contributed by atoms with Crippen molar-refractivity contribution in [2.45, 2.75) is 50.6 Å². The molecule has 1 fully saturated rings. The number of carbonyl (C=O) groups excluding carboxylic acids is 2. The second-order valence-electron chi connectivity index (χ2n) is 7.13. The molecule has 2 aromatic rings. The van der Waals surface area contributed by atoms with E-state index in [1.807, 2.05) is 30.3 Å². The number of halogens is 2. The molecule has 0 aliphatic heterocycles. The first kappa shape index (κ1) is 19.2. The minimum atomic E-state index is -2.76. The van der Waals surface area contributed by atoms with E-state index in [1.165, 1.54) is 6.92 Å². The topological polar surface area (TPSA) is 43.4 Å². The minimum Gasteiger partial charge on any atom is -0.460 e. The molecular weight excluding hydrogens is 350 g/mol. The number of ketones is 1. The Morgan fingerprint density at radius 1 is 0.926 bits per heavy atom. The minimum absolute atomic E-state index is 0.0209. The third-order valence-electron chi connectivity index (χ3n) is 5.28. The second kappa shape index (κ2) is 7.59. The molecule has 0 heterocycles. The summed E-state index contributed by atoms with van der Waals surface area (Å²) in [5.74, 6) is -3.34. The van der Waals surface area contributed by atoms with E-state index >= 15 is 0 Å². The van der Waals surface area contributed by atoms with Crippen molar-refractivity contribution in [3.8, 4) is 0 Å². The van der Waals surface area contributed by atoms with Gasteiger partial charge in [-0.3, -0.25) is 9.59 Å². The SMILES string of the molecule is CC(=O)c1ccc(C2(C(=O)OCc3ccccc3)CCC(F)(F)CC2)cc1. The third-order valence-corrected chi connectivity index (χ3v) is 5.28. The van der Waals surface area contributed by atoms with Gasteiger partial charge in [0.15, 0.2) is 5.78 Å². The van der Waals surface area contributed by atoms with Crippen LogP contribution in [0.2, 0.25) is 0 Å². The van der Waals surface area contributed by atoms with Crippen molar-refractivity contribution in [1.82, 2.24) is 0 Å². The van der Waals surface area contributed by atoms with Crippen molar-refractivity contribution in [1.29, 1.82) is 0 Å². The molecule has 27 heavy (non-hydrogen) atoms. The molecule has 0 spiro atoms. The van der Waals surface area contributed by atoms with Crippen LogP contribution in [0.3, 0.4) is 0 Å². The van der Waals surface area contributed by atoms with E-state index in [1.54, 1.807) is 24.3 Å². The van der Waals surface area contributed by atoms with Gasteiger partial charge in [0.05, 0.1) is 5.41 Å². The molecule has 0 saturated heterocycles. The number of hydrogen-bond acceptors (Lipinski definition) is 3. The zero-order valence-electron chi connectivity index (χ0n) is 15.2. The number of hydrogen-bond donors (Lipinski definition) is 0. The van der Waals surface area contributed by atoms with Gasteiger partial charge < -0.3 is 4.74 Å². The van der Waals surface area contributed by atoms with Crippen LogP contribution in [0, 0.1) is 0 Å². The molecular formula is C22H22F2O3. The highest BCUT2D eigenvalue weighted by Crippen LogP contribution is 2.46. The summed E-state index contributed by atoms with van der Waals surface area (Å²) < 4.78 is 33.0. The Bertz CT molecular complexity index is 803. The van der Waals surface area contributed by atoms with Crippen LogP contribution in [0.1, 0.15) is 54.1 Å². The number of Topliss-reactive ketones (excluding diaryl/α,β-unsaturated/α-hetero) is 1. The van der Waals surface area contributed by atoms with Gasteiger partial charge in [0.2, 0.25) is 5.92 Å². The molecule has 142 valence electrons. The number of carbonyl (C=O) groups is 2. The first-order valence-electron chi connectivity index (χ1n) is 9.03. The molecule has 0 aromatic heterocycles. The zero-order chi connectivity index (χ0) is 19.5. The van der Waals surface area contributed by atoms with Crippen molar-refractivity contribution in [3.63, 3.8) is 0 Å². The molecule has 1 aliphatic carbocycles. The zero-order valence-corrected chi connectivity index (χ0v) is 15.2. The Morgan fingerprint density at radius 2 is 1.52 bits per heavy atom. The molecule has 0 unspecified atom stereocenters. The maximum Gasteiger partial charge on any atom is 0.316 e. The van der Waals surface area contributed by atoms with Crippen molar-refractivity contribution in [2.75, 3.05) is 0 Å². The quantitative estimate of drug-likeness (QED) is 0.543. The van der Waals surface area contributed by atoms with Gasteiger partial charge in [0.25, 0.3) is 0 Å². The summed E-state index contributed by atoms with van der Waals surface area (Å²) in [7, 11) is 0. The Balaban J connectivity index is 1.86. The maximum atomic E-state index is 13.8. The first-order chi connectivity index (χ1) is 12.8. The second-order valence-corrected chi connectivity index (χ2v) is 7.13. The predicted octanol–water partition coefficient (Wildman–Crippen LogP) is 5.08. The Labute approximate surface area is 157 Å². The van der Waals surface area contributed by atoms with Crippen LogP contribution in [-0.4, -0.2) is 17.7 Å². The highest BCUT2D eigenvalue weighted by Gasteiger charge is 2.49. The van der Waals surface area contributed by atoms with E-state index in [9.17, 15) is 18.4 Å². The number of ether oxygens (including phenoxy) is 1. The Hall–Kier alpha value is -2.56. The smallest absolute Gasteiger partial charge is 0.316 e. The molecule has 3 rings (SSSR count). The Kier molecular flexibility index (Phi) is 5.40. The number of rotatable bonds is 5. The van der Waals surface area contributed by atoms with E-state index < -0.39 is 17.3 Å². The lowest BCUT2D eigenvalue weighted by molar-refractivity contribution is -0.157. The van der Waals surface area contributed by atoms with Gasteiger partial charge in [-0.25, -0.2) is 8.78 Å². The highest BCUT2D eigenvalue weighted by atomic mass is 19.3. The Morgan fingerprint density at radius 3 is 2.07 bits per heavy atom. The summed E-state index contributed by atoms with van der Waals surface area (Å²) >= 11 is 0. The molecule has 2 aromatic carbocycles. The van der Waals surface area contributed by atoms with Gasteiger partial charge in [-0.1, -0.05) is 54.6 Å². The summed E-state index contributed by atoms with van der Waals surface area (Å²) in [5, 5.41) is 0. The van der Waals surface area contributed by atoms with Crippen molar-refractivity contribution in [2.24, 2.45) is 0 Å². The fourth-order valence-electron chi connectivity index (χ4n) is 3.54. The molecule has 0 bridgehead atoms. The van der Waals surface area contributed by atoms with E-state index in [0.717, 1.165) is 5.56 Å². The van der Waals surface area contributed by atoms with Crippen LogP contribution in [0.15, 0.2) is 54.6 Å². The maximum absolute atomic E-state index is 13.8. The van der Waals surface area contributed by atoms with Crippen molar-refractivity contribution >= 4 is 11.8 Å². The summed E-state index contributed by atoms with van der Waals surface area (Å²) in [6, 6.07) is 15.9. The third kappa shape index (κ3) is 4.24. The van der Waals surface area contributed by atoms with Gasteiger partial charge in [0.1, 0.15) is 6.61 Å². The lowest BCUT2D eigenvalue weighted by Gasteiger charge is -2.38. The fraction of sp³-hybridized carbons (Fsp3) is 0.364. The van der Waals surface area contributed by atoms with Crippen LogP contribution in [0.5, 0.6) is 0 Å². The monoisotopic (exact) mass is 372 g/mol.